The SMILES string of the molecule is NCCOCC(=O)NCCCc1ccccc1. The molecule has 17 heavy (non-hydrogen) atoms. The van der Waals surface area contributed by atoms with E-state index in [1.165, 1.54) is 5.56 Å². The molecule has 0 aliphatic heterocycles. The molecule has 0 atom stereocenters. The van der Waals surface area contributed by atoms with Gasteiger partial charge in [-0.3, -0.25) is 4.79 Å². The molecule has 0 fully saturated rings. The first-order valence-electron chi connectivity index (χ1n) is 5.91. The van der Waals surface area contributed by atoms with Crippen LogP contribution in [0.4, 0.5) is 0 Å². The summed E-state index contributed by atoms with van der Waals surface area (Å²) in [7, 11) is 0. The standard InChI is InChI=1S/C13H20N2O2/c14-8-10-17-11-13(16)15-9-4-7-12-5-2-1-3-6-12/h1-3,5-6H,4,7-11,14H2,(H,15,16). The van der Waals surface area contributed by atoms with E-state index < -0.39 is 0 Å². The Kier molecular flexibility index (Phi) is 7.02. The fourth-order valence-electron chi connectivity index (χ4n) is 1.46. The molecule has 0 saturated carbocycles. The third-order valence-corrected chi connectivity index (χ3v) is 2.30. The van der Waals surface area contributed by atoms with E-state index in [-0.39, 0.29) is 12.5 Å². The van der Waals surface area contributed by atoms with Crippen LogP contribution in [0, 0.1) is 0 Å². The highest BCUT2D eigenvalue weighted by molar-refractivity contribution is 5.77. The number of hydrogen-bond acceptors (Lipinski definition) is 3. The Morgan fingerprint density at radius 2 is 2.06 bits per heavy atom. The molecular formula is C13H20N2O2. The van der Waals surface area contributed by atoms with Crippen molar-refractivity contribution >= 4 is 5.91 Å². The summed E-state index contributed by atoms with van der Waals surface area (Å²) >= 11 is 0. The predicted octanol–water partition coefficient (Wildman–Crippen LogP) is 0.711. The third kappa shape index (κ3) is 6.71. The zero-order chi connectivity index (χ0) is 12.3. The van der Waals surface area contributed by atoms with E-state index in [9.17, 15) is 4.79 Å². The first kappa shape index (κ1) is 13.7. The number of amides is 1. The van der Waals surface area contributed by atoms with Crippen molar-refractivity contribution in [2.24, 2.45) is 5.73 Å². The summed E-state index contributed by atoms with van der Waals surface area (Å²) in [6.45, 7) is 1.65. The van der Waals surface area contributed by atoms with Gasteiger partial charge in [0.25, 0.3) is 0 Å². The van der Waals surface area contributed by atoms with E-state index in [1.54, 1.807) is 0 Å². The largest absolute Gasteiger partial charge is 0.370 e. The van der Waals surface area contributed by atoms with E-state index in [4.69, 9.17) is 10.5 Å². The number of rotatable bonds is 8. The Morgan fingerprint density at radius 3 is 2.76 bits per heavy atom. The van der Waals surface area contributed by atoms with Crippen molar-refractivity contribution in [3.05, 3.63) is 35.9 Å². The van der Waals surface area contributed by atoms with Gasteiger partial charge in [0.2, 0.25) is 5.91 Å². The average Bonchev–Trinajstić information content (AvgIpc) is 2.36. The molecule has 4 heteroatoms. The Labute approximate surface area is 102 Å². The van der Waals surface area contributed by atoms with Crippen LogP contribution in [0.5, 0.6) is 0 Å². The lowest BCUT2D eigenvalue weighted by atomic mass is 10.1. The van der Waals surface area contributed by atoms with Crippen molar-refractivity contribution in [2.75, 3.05) is 26.3 Å². The Balaban J connectivity index is 2.02. The van der Waals surface area contributed by atoms with E-state index in [1.807, 2.05) is 18.2 Å². The van der Waals surface area contributed by atoms with Crippen molar-refractivity contribution in [1.82, 2.24) is 5.32 Å². The first-order chi connectivity index (χ1) is 8.33. The second-order valence-electron chi connectivity index (χ2n) is 3.78. The van der Waals surface area contributed by atoms with Crippen LogP contribution in [-0.2, 0) is 16.0 Å². The van der Waals surface area contributed by atoms with Gasteiger partial charge in [0.1, 0.15) is 6.61 Å². The van der Waals surface area contributed by atoms with Gasteiger partial charge in [-0.1, -0.05) is 30.3 Å². The maximum Gasteiger partial charge on any atom is 0.245 e. The lowest BCUT2D eigenvalue weighted by molar-refractivity contribution is -0.125. The van der Waals surface area contributed by atoms with Crippen LogP contribution in [0.3, 0.4) is 0 Å². The molecule has 0 saturated heterocycles. The molecule has 0 bridgehead atoms. The number of carbonyl (C=O) groups is 1. The summed E-state index contributed by atoms with van der Waals surface area (Å²) < 4.78 is 5.02. The summed E-state index contributed by atoms with van der Waals surface area (Å²) in [5.41, 5.74) is 6.54. The van der Waals surface area contributed by atoms with Crippen LogP contribution >= 0.6 is 0 Å². The highest BCUT2D eigenvalue weighted by Gasteiger charge is 1.99. The highest BCUT2D eigenvalue weighted by atomic mass is 16.5. The molecule has 0 unspecified atom stereocenters. The quantitative estimate of drug-likeness (QED) is 0.653. The molecule has 0 aliphatic carbocycles. The fraction of sp³-hybridized carbons (Fsp3) is 0.462. The maximum absolute atomic E-state index is 11.3. The molecule has 4 nitrogen and oxygen atoms in total. The summed E-state index contributed by atoms with van der Waals surface area (Å²) in [5, 5.41) is 2.81. The number of nitrogens with two attached hydrogens (primary N) is 1. The van der Waals surface area contributed by atoms with Crippen LogP contribution < -0.4 is 11.1 Å². The van der Waals surface area contributed by atoms with Gasteiger partial charge >= 0.3 is 0 Å². The minimum absolute atomic E-state index is 0.0773. The molecular weight excluding hydrogens is 216 g/mol. The zero-order valence-electron chi connectivity index (χ0n) is 10.0. The van der Waals surface area contributed by atoms with Gasteiger partial charge in [0.05, 0.1) is 6.61 Å². The summed E-state index contributed by atoms with van der Waals surface area (Å²) in [6.07, 6.45) is 1.91. The van der Waals surface area contributed by atoms with E-state index in [2.05, 4.69) is 17.4 Å². The Bertz CT molecular complexity index is 314. The van der Waals surface area contributed by atoms with Gasteiger partial charge in [0, 0.05) is 13.1 Å². The van der Waals surface area contributed by atoms with Crippen LogP contribution in [0.1, 0.15) is 12.0 Å². The zero-order valence-corrected chi connectivity index (χ0v) is 10.0. The van der Waals surface area contributed by atoms with Gasteiger partial charge in [0.15, 0.2) is 0 Å². The highest BCUT2D eigenvalue weighted by Crippen LogP contribution is 2.01. The van der Waals surface area contributed by atoms with Crippen LogP contribution in [0.15, 0.2) is 30.3 Å². The molecule has 1 aromatic carbocycles. The number of aryl methyl sites for hydroxylation is 1. The second-order valence-corrected chi connectivity index (χ2v) is 3.78. The first-order valence-corrected chi connectivity index (χ1v) is 5.91. The number of benzene rings is 1. The molecule has 1 amide bonds. The smallest absolute Gasteiger partial charge is 0.245 e. The monoisotopic (exact) mass is 236 g/mol. The molecule has 0 aliphatic rings. The normalized spacial score (nSPS) is 10.2. The Hall–Kier alpha value is -1.39. The van der Waals surface area contributed by atoms with Crippen molar-refractivity contribution in [3.63, 3.8) is 0 Å². The maximum atomic E-state index is 11.3. The lowest BCUT2D eigenvalue weighted by Crippen LogP contribution is -2.29. The topological polar surface area (TPSA) is 64.3 Å². The van der Waals surface area contributed by atoms with Crippen LogP contribution in [0.2, 0.25) is 0 Å². The minimum atomic E-state index is -0.0773. The van der Waals surface area contributed by atoms with Gasteiger partial charge in [-0.2, -0.15) is 0 Å². The van der Waals surface area contributed by atoms with Crippen LogP contribution in [-0.4, -0.2) is 32.2 Å². The number of hydrogen-bond donors (Lipinski definition) is 2. The molecule has 0 aromatic heterocycles. The summed E-state index contributed by atoms with van der Waals surface area (Å²) in [5.74, 6) is -0.0773. The summed E-state index contributed by atoms with van der Waals surface area (Å²) in [4.78, 5) is 11.3. The van der Waals surface area contributed by atoms with Crippen molar-refractivity contribution in [1.29, 1.82) is 0 Å². The third-order valence-electron chi connectivity index (χ3n) is 2.30. The van der Waals surface area contributed by atoms with Gasteiger partial charge in [-0.05, 0) is 18.4 Å². The molecule has 94 valence electrons. The minimum Gasteiger partial charge on any atom is -0.370 e. The van der Waals surface area contributed by atoms with Gasteiger partial charge in [-0.25, -0.2) is 0 Å². The second kappa shape index (κ2) is 8.73. The van der Waals surface area contributed by atoms with Crippen molar-refractivity contribution in [3.8, 4) is 0 Å². The van der Waals surface area contributed by atoms with Gasteiger partial charge < -0.3 is 15.8 Å². The fourth-order valence-corrected chi connectivity index (χ4v) is 1.46. The number of carbonyl (C=O) groups excluding carboxylic acids is 1. The van der Waals surface area contributed by atoms with E-state index in [0.29, 0.717) is 19.7 Å². The summed E-state index contributed by atoms with van der Waals surface area (Å²) in [6, 6.07) is 10.2. The lowest BCUT2D eigenvalue weighted by Gasteiger charge is -2.05. The predicted molar refractivity (Wildman–Crippen MR) is 67.6 cm³/mol. The molecule has 0 heterocycles. The van der Waals surface area contributed by atoms with Crippen LogP contribution in [0.25, 0.3) is 0 Å². The number of nitrogens with one attached hydrogen (secondary N) is 1. The average molecular weight is 236 g/mol. The van der Waals surface area contributed by atoms with Crippen molar-refractivity contribution in [2.45, 2.75) is 12.8 Å². The van der Waals surface area contributed by atoms with E-state index in [0.717, 1.165) is 12.8 Å². The number of ether oxygens (including phenoxy) is 1. The van der Waals surface area contributed by atoms with E-state index >= 15 is 0 Å². The van der Waals surface area contributed by atoms with Crippen molar-refractivity contribution < 1.29 is 9.53 Å². The molecule has 0 spiro atoms. The molecule has 3 N–H and O–H groups in total. The Morgan fingerprint density at radius 1 is 1.29 bits per heavy atom. The molecule has 1 aromatic rings. The van der Waals surface area contributed by atoms with Gasteiger partial charge in [-0.15, -0.1) is 0 Å². The molecule has 0 radical (unpaired) electrons. The molecule has 1 rings (SSSR count).